The highest BCUT2D eigenvalue weighted by Crippen LogP contribution is 2.30. The van der Waals surface area contributed by atoms with Crippen molar-refractivity contribution in [1.29, 1.82) is 0 Å². The van der Waals surface area contributed by atoms with Crippen molar-refractivity contribution < 1.29 is 0 Å². The molecule has 0 unspecified atom stereocenters. The van der Waals surface area contributed by atoms with Gasteiger partial charge in [-0.2, -0.15) is 5.21 Å². The second-order valence-electron chi connectivity index (χ2n) is 7.88. The number of aryl methyl sites for hydroxylation is 2. The van der Waals surface area contributed by atoms with E-state index in [1.54, 1.807) is 4.52 Å². The predicted octanol–water partition coefficient (Wildman–Crippen LogP) is 3.72. The molecule has 0 aliphatic rings. The smallest absolute Gasteiger partial charge is 0.276 e. The molecule has 0 fully saturated rings. The van der Waals surface area contributed by atoms with Gasteiger partial charge in [0.15, 0.2) is 5.65 Å². The van der Waals surface area contributed by atoms with Crippen LogP contribution in [0.2, 0.25) is 0 Å². The molecule has 0 atom stereocenters. The van der Waals surface area contributed by atoms with Gasteiger partial charge in [0.1, 0.15) is 0 Å². The summed E-state index contributed by atoms with van der Waals surface area (Å²) in [5.41, 5.74) is 7.23. The number of nitrogens with one attached hydrogen (secondary N) is 2. The van der Waals surface area contributed by atoms with Crippen molar-refractivity contribution in [3.05, 3.63) is 87.5 Å². The summed E-state index contributed by atoms with van der Waals surface area (Å²) >= 11 is 0. The maximum atomic E-state index is 13.2. The SMILES string of the molecule is CCCc1nc2cc(C)[nH]n2c(=O)c1Cc1ccc(-c2ccccc2-c2nn[nH]n2)cc1. The largest absolute Gasteiger partial charge is 0.294 e. The molecule has 5 aromatic rings. The Hall–Kier alpha value is -4.07. The Balaban J connectivity index is 1.50. The highest BCUT2D eigenvalue weighted by molar-refractivity contribution is 5.80. The molecule has 160 valence electrons. The average molecular weight is 425 g/mol. The molecule has 0 saturated heterocycles. The lowest BCUT2D eigenvalue weighted by Crippen LogP contribution is -2.23. The Kier molecular flexibility index (Phi) is 5.10. The maximum absolute atomic E-state index is 13.2. The number of hydrogen-bond acceptors (Lipinski definition) is 5. The summed E-state index contributed by atoms with van der Waals surface area (Å²) in [4.78, 5) is 17.9. The van der Waals surface area contributed by atoms with Gasteiger partial charge in [0.05, 0.1) is 5.69 Å². The first kappa shape index (κ1) is 19.9. The normalized spacial score (nSPS) is 11.3. The lowest BCUT2D eigenvalue weighted by molar-refractivity contribution is 0.804. The molecule has 8 nitrogen and oxygen atoms in total. The van der Waals surface area contributed by atoms with Crippen LogP contribution in [0.25, 0.3) is 28.2 Å². The summed E-state index contributed by atoms with van der Waals surface area (Å²) in [7, 11) is 0. The summed E-state index contributed by atoms with van der Waals surface area (Å²) in [5, 5.41) is 17.5. The second kappa shape index (κ2) is 8.22. The number of aromatic amines is 2. The van der Waals surface area contributed by atoms with Gasteiger partial charge in [0.25, 0.3) is 5.56 Å². The van der Waals surface area contributed by atoms with Crippen molar-refractivity contribution in [3.63, 3.8) is 0 Å². The van der Waals surface area contributed by atoms with Crippen LogP contribution in [0.3, 0.4) is 0 Å². The molecule has 0 radical (unpaired) electrons. The molecule has 5 rings (SSSR count). The molecule has 0 aliphatic heterocycles. The van der Waals surface area contributed by atoms with E-state index in [1.165, 1.54) is 0 Å². The fraction of sp³-hybridized carbons (Fsp3) is 0.208. The molecular weight excluding hydrogens is 402 g/mol. The minimum absolute atomic E-state index is 0.0296. The molecule has 2 N–H and O–H groups in total. The van der Waals surface area contributed by atoms with Crippen molar-refractivity contribution >= 4 is 5.65 Å². The van der Waals surface area contributed by atoms with E-state index in [-0.39, 0.29) is 5.56 Å². The van der Waals surface area contributed by atoms with E-state index in [0.29, 0.717) is 17.9 Å². The van der Waals surface area contributed by atoms with Crippen LogP contribution in [0.1, 0.15) is 35.9 Å². The summed E-state index contributed by atoms with van der Waals surface area (Å²) < 4.78 is 1.54. The van der Waals surface area contributed by atoms with Gasteiger partial charge in [-0.15, -0.1) is 10.2 Å². The van der Waals surface area contributed by atoms with Gasteiger partial charge in [-0.3, -0.25) is 9.89 Å². The highest BCUT2D eigenvalue weighted by Gasteiger charge is 2.15. The van der Waals surface area contributed by atoms with Gasteiger partial charge in [-0.05, 0) is 35.2 Å². The minimum Gasteiger partial charge on any atom is -0.294 e. The van der Waals surface area contributed by atoms with Crippen molar-refractivity contribution in [2.24, 2.45) is 0 Å². The van der Waals surface area contributed by atoms with E-state index in [2.05, 4.69) is 56.9 Å². The number of fused-ring (bicyclic) bond motifs is 1. The van der Waals surface area contributed by atoms with Gasteiger partial charge in [0.2, 0.25) is 5.82 Å². The number of nitrogens with zero attached hydrogens (tertiary/aromatic N) is 5. The van der Waals surface area contributed by atoms with Crippen molar-refractivity contribution in [1.82, 2.24) is 35.2 Å². The van der Waals surface area contributed by atoms with E-state index >= 15 is 0 Å². The first-order valence-corrected chi connectivity index (χ1v) is 10.7. The number of tetrazole rings is 1. The summed E-state index contributed by atoms with van der Waals surface area (Å²) in [5.74, 6) is 0.558. The molecule has 32 heavy (non-hydrogen) atoms. The van der Waals surface area contributed by atoms with Gasteiger partial charge in [-0.25, -0.2) is 9.50 Å². The zero-order valence-corrected chi connectivity index (χ0v) is 18.0. The summed E-state index contributed by atoms with van der Waals surface area (Å²) in [6.45, 7) is 4.03. The lowest BCUT2D eigenvalue weighted by Gasteiger charge is -2.10. The molecule has 0 saturated carbocycles. The van der Waals surface area contributed by atoms with Gasteiger partial charge < -0.3 is 0 Å². The first-order valence-electron chi connectivity index (χ1n) is 10.7. The van der Waals surface area contributed by atoms with Gasteiger partial charge in [0, 0.05) is 29.3 Å². The van der Waals surface area contributed by atoms with Gasteiger partial charge in [-0.1, -0.05) is 61.9 Å². The van der Waals surface area contributed by atoms with Crippen LogP contribution in [0.5, 0.6) is 0 Å². The third-order valence-corrected chi connectivity index (χ3v) is 5.57. The molecule has 0 bridgehead atoms. The Morgan fingerprint density at radius 2 is 1.81 bits per heavy atom. The number of benzene rings is 2. The zero-order chi connectivity index (χ0) is 22.1. The van der Waals surface area contributed by atoms with Gasteiger partial charge >= 0.3 is 0 Å². The molecular formula is C24H23N7O. The van der Waals surface area contributed by atoms with Crippen LogP contribution in [-0.4, -0.2) is 35.2 Å². The van der Waals surface area contributed by atoms with Crippen LogP contribution >= 0.6 is 0 Å². The Labute approximate surface area is 184 Å². The molecule has 0 aliphatic carbocycles. The maximum Gasteiger partial charge on any atom is 0.276 e. The van der Waals surface area contributed by atoms with E-state index in [4.69, 9.17) is 4.98 Å². The molecule has 3 aromatic heterocycles. The Morgan fingerprint density at radius 3 is 2.53 bits per heavy atom. The summed E-state index contributed by atoms with van der Waals surface area (Å²) in [6.07, 6.45) is 2.25. The highest BCUT2D eigenvalue weighted by atomic mass is 16.1. The van der Waals surface area contributed by atoms with Crippen LogP contribution in [-0.2, 0) is 12.8 Å². The first-order chi connectivity index (χ1) is 15.6. The van der Waals surface area contributed by atoms with Crippen LogP contribution in [0.15, 0.2) is 59.4 Å². The van der Waals surface area contributed by atoms with E-state index < -0.39 is 0 Å². The number of hydrogen-bond donors (Lipinski definition) is 2. The van der Waals surface area contributed by atoms with E-state index in [9.17, 15) is 4.79 Å². The summed E-state index contributed by atoms with van der Waals surface area (Å²) in [6, 6.07) is 18.1. The zero-order valence-electron chi connectivity index (χ0n) is 18.0. The number of aromatic nitrogens is 7. The van der Waals surface area contributed by atoms with Crippen LogP contribution in [0.4, 0.5) is 0 Å². The van der Waals surface area contributed by atoms with E-state index in [0.717, 1.165) is 52.0 Å². The fourth-order valence-electron chi connectivity index (χ4n) is 4.06. The quantitative estimate of drug-likeness (QED) is 0.431. The molecule has 2 aromatic carbocycles. The Bertz CT molecular complexity index is 1430. The molecule has 8 heteroatoms. The number of H-pyrrole nitrogens is 2. The van der Waals surface area contributed by atoms with Crippen LogP contribution < -0.4 is 5.56 Å². The number of rotatable bonds is 6. The van der Waals surface area contributed by atoms with Crippen LogP contribution in [0, 0.1) is 6.92 Å². The fourth-order valence-corrected chi connectivity index (χ4v) is 4.06. The molecule has 3 heterocycles. The standard InChI is InChI=1S/C24H23N7O/c1-3-6-21-20(24(32)31-22(25-21)13-15(2)28-31)14-16-9-11-17(12-10-16)18-7-4-5-8-19(18)23-26-29-30-27-23/h4-5,7-13,28H,3,6,14H2,1-2H3,(H,26,27,29,30). The minimum atomic E-state index is -0.0296. The lowest BCUT2D eigenvalue weighted by atomic mass is 9.96. The second-order valence-corrected chi connectivity index (χ2v) is 7.88. The van der Waals surface area contributed by atoms with Crippen molar-refractivity contribution in [2.75, 3.05) is 0 Å². The average Bonchev–Trinajstić information content (AvgIpc) is 3.47. The van der Waals surface area contributed by atoms with Crippen molar-refractivity contribution in [3.8, 4) is 22.5 Å². The third kappa shape index (κ3) is 3.60. The molecule has 0 amide bonds. The van der Waals surface area contributed by atoms with E-state index in [1.807, 2.05) is 37.3 Å². The predicted molar refractivity (Wildman–Crippen MR) is 122 cm³/mol. The monoisotopic (exact) mass is 425 g/mol. The molecule has 0 spiro atoms. The third-order valence-electron chi connectivity index (χ3n) is 5.57. The van der Waals surface area contributed by atoms with Crippen molar-refractivity contribution in [2.45, 2.75) is 33.1 Å². The Morgan fingerprint density at radius 1 is 1.03 bits per heavy atom. The topological polar surface area (TPSA) is 105 Å².